The van der Waals surface area contributed by atoms with Gasteiger partial charge in [-0.1, -0.05) is 24.3 Å². The molecule has 0 spiro atoms. The van der Waals surface area contributed by atoms with Crippen LogP contribution >= 0.6 is 12.2 Å². The van der Waals surface area contributed by atoms with Gasteiger partial charge in [0.15, 0.2) is 5.11 Å². The Morgan fingerprint density at radius 2 is 1.64 bits per heavy atom. The molecule has 2 amide bonds. The minimum Gasteiger partial charge on any atom is -0.489 e. The van der Waals surface area contributed by atoms with Gasteiger partial charge in [-0.05, 0) is 97.9 Å². The molecule has 2 heterocycles. The van der Waals surface area contributed by atoms with E-state index in [1.165, 1.54) is 36.4 Å². The Bertz CT molecular complexity index is 1630. The highest BCUT2D eigenvalue weighted by Crippen LogP contribution is 2.28. The molecule has 1 aliphatic rings. The number of aryl methyl sites for hydroxylation is 1. The predicted molar refractivity (Wildman–Crippen MR) is 149 cm³/mol. The van der Waals surface area contributed by atoms with Crippen molar-refractivity contribution in [2.24, 2.45) is 0 Å². The molecule has 0 atom stereocenters. The van der Waals surface area contributed by atoms with Crippen molar-refractivity contribution in [1.82, 2.24) is 9.88 Å². The largest absolute Gasteiger partial charge is 0.489 e. The van der Waals surface area contributed by atoms with Crippen LogP contribution in [-0.2, 0) is 16.2 Å². The van der Waals surface area contributed by atoms with Gasteiger partial charge in [-0.2, -0.15) is 0 Å². The summed E-state index contributed by atoms with van der Waals surface area (Å²) in [7, 11) is 0. The molecule has 0 saturated carbocycles. The van der Waals surface area contributed by atoms with Crippen molar-refractivity contribution >= 4 is 40.9 Å². The van der Waals surface area contributed by atoms with Crippen molar-refractivity contribution in [3.05, 3.63) is 119 Å². The van der Waals surface area contributed by atoms with Crippen LogP contribution in [-0.4, -0.2) is 21.5 Å². The van der Waals surface area contributed by atoms with Crippen LogP contribution in [0.1, 0.15) is 22.5 Å². The van der Waals surface area contributed by atoms with Crippen LogP contribution < -0.4 is 15.0 Å². The number of aromatic nitrogens is 1. The number of para-hydroxylation sites is 1. The molecule has 3 aromatic carbocycles. The zero-order valence-electron chi connectivity index (χ0n) is 21.1. The Morgan fingerprint density at radius 3 is 2.33 bits per heavy atom. The van der Waals surface area contributed by atoms with E-state index < -0.39 is 17.6 Å². The Kier molecular flexibility index (Phi) is 7.08. The molecule has 5 rings (SSSR count). The summed E-state index contributed by atoms with van der Waals surface area (Å²) in [5.41, 5.74) is 3.85. The van der Waals surface area contributed by atoms with Crippen molar-refractivity contribution in [3.8, 4) is 11.4 Å². The molecule has 0 bridgehead atoms. The van der Waals surface area contributed by atoms with E-state index in [2.05, 4.69) is 5.32 Å². The van der Waals surface area contributed by atoms with Gasteiger partial charge in [-0.15, -0.1) is 0 Å². The lowest BCUT2D eigenvalue weighted by atomic mass is 10.1. The molecular weight excluding hydrogens is 520 g/mol. The van der Waals surface area contributed by atoms with Gasteiger partial charge in [0.05, 0.1) is 5.69 Å². The number of hydrogen-bond donors (Lipinski definition) is 1. The molecule has 196 valence electrons. The van der Waals surface area contributed by atoms with Crippen LogP contribution in [0.2, 0.25) is 0 Å². The Hall–Kier alpha value is -4.63. The van der Waals surface area contributed by atoms with E-state index in [-0.39, 0.29) is 22.2 Å². The molecule has 0 unspecified atom stereocenters. The van der Waals surface area contributed by atoms with E-state index in [0.29, 0.717) is 17.9 Å². The molecule has 4 aromatic rings. The van der Waals surface area contributed by atoms with Gasteiger partial charge in [0.25, 0.3) is 11.8 Å². The topological polar surface area (TPSA) is 63.6 Å². The molecule has 1 N–H and O–H groups in total. The van der Waals surface area contributed by atoms with E-state index >= 15 is 0 Å². The summed E-state index contributed by atoms with van der Waals surface area (Å²) in [6.07, 6.45) is 1.49. The summed E-state index contributed by atoms with van der Waals surface area (Å²) in [6.45, 7) is 4.10. The summed E-state index contributed by atoms with van der Waals surface area (Å²) >= 11 is 5.17. The molecule has 1 aliphatic heterocycles. The maximum atomic E-state index is 14.4. The fourth-order valence-corrected chi connectivity index (χ4v) is 4.71. The highest BCUT2D eigenvalue weighted by molar-refractivity contribution is 7.80. The molecule has 1 fully saturated rings. The number of anilines is 1. The Labute approximate surface area is 229 Å². The van der Waals surface area contributed by atoms with Crippen LogP contribution in [0.25, 0.3) is 11.8 Å². The number of amides is 2. The Balaban J connectivity index is 1.40. The summed E-state index contributed by atoms with van der Waals surface area (Å²) in [4.78, 5) is 27.0. The maximum Gasteiger partial charge on any atom is 0.270 e. The van der Waals surface area contributed by atoms with Crippen molar-refractivity contribution in [1.29, 1.82) is 0 Å². The molecule has 6 nitrogen and oxygen atoms in total. The highest BCUT2D eigenvalue weighted by atomic mass is 32.1. The van der Waals surface area contributed by atoms with E-state index in [1.807, 2.05) is 48.7 Å². The second kappa shape index (κ2) is 10.6. The predicted octanol–water partition coefficient (Wildman–Crippen LogP) is 5.78. The number of nitrogens with zero attached hydrogens (tertiary/aromatic N) is 2. The number of thiocarbonyl (C=S) groups is 1. The number of nitrogens with one attached hydrogen (secondary N) is 1. The summed E-state index contributed by atoms with van der Waals surface area (Å²) in [6, 6.07) is 21.2. The molecule has 1 aromatic heterocycles. The number of carbonyl (C=O) groups is 2. The molecule has 0 radical (unpaired) electrons. The van der Waals surface area contributed by atoms with Crippen molar-refractivity contribution in [3.63, 3.8) is 0 Å². The third kappa shape index (κ3) is 5.21. The van der Waals surface area contributed by atoms with E-state index in [4.69, 9.17) is 17.0 Å². The average molecular weight is 544 g/mol. The zero-order valence-corrected chi connectivity index (χ0v) is 21.9. The van der Waals surface area contributed by atoms with Crippen molar-refractivity contribution < 1.29 is 23.1 Å². The maximum absolute atomic E-state index is 14.4. The molecule has 0 aliphatic carbocycles. The average Bonchev–Trinajstić information content (AvgIpc) is 3.20. The van der Waals surface area contributed by atoms with Crippen LogP contribution in [0, 0.1) is 25.5 Å². The number of carbonyl (C=O) groups excluding carboxylic acids is 2. The molecule has 1 saturated heterocycles. The fourth-order valence-electron chi connectivity index (χ4n) is 4.43. The lowest BCUT2D eigenvalue weighted by Gasteiger charge is -2.29. The van der Waals surface area contributed by atoms with Crippen LogP contribution in [0.4, 0.5) is 14.5 Å². The number of rotatable bonds is 6. The standard InChI is InChI=1S/C30H23F2N3O3S/c1-18-15-21(16-25-28(36)33-30(39)35(29(25)37)27-6-4-3-5-26(27)32)19(2)34(18)23-11-13-24(14-12-23)38-17-20-7-9-22(31)10-8-20/h3-16H,17H2,1-2H3,(H,33,36,39)/b25-16+. The van der Waals surface area contributed by atoms with Gasteiger partial charge in [-0.25, -0.2) is 13.7 Å². The van der Waals surface area contributed by atoms with E-state index in [9.17, 15) is 18.4 Å². The first-order chi connectivity index (χ1) is 18.7. The van der Waals surface area contributed by atoms with Crippen LogP contribution in [0.5, 0.6) is 5.75 Å². The molecule has 9 heteroatoms. The molecular formula is C30H23F2N3O3S. The minimum absolute atomic E-state index is 0.0365. The Morgan fingerprint density at radius 1 is 0.949 bits per heavy atom. The first-order valence-corrected chi connectivity index (χ1v) is 12.5. The lowest BCUT2D eigenvalue weighted by Crippen LogP contribution is -2.54. The van der Waals surface area contributed by atoms with Gasteiger partial charge in [-0.3, -0.25) is 14.9 Å². The van der Waals surface area contributed by atoms with Gasteiger partial charge >= 0.3 is 0 Å². The van der Waals surface area contributed by atoms with Gasteiger partial charge in [0.1, 0.15) is 29.6 Å². The van der Waals surface area contributed by atoms with E-state index in [1.54, 1.807) is 18.2 Å². The first-order valence-electron chi connectivity index (χ1n) is 12.1. The SMILES string of the molecule is Cc1cc(/C=C2\C(=O)NC(=S)N(c3ccccc3F)C2=O)c(C)n1-c1ccc(OCc2ccc(F)cc2)cc1. The monoisotopic (exact) mass is 543 g/mol. The minimum atomic E-state index is -0.707. The number of halogens is 2. The smallest absolute Gasteiger partial charge is 0.270 e. The summed E-state index contributed by atoms with van der Waals surface area (Å²) < 4.78 is 35.3. The van der Waals surface area contributed by atoms with Crippen LogP contribution in [0.3, 0.4) is 0 Å². The highest BCUT2D eigenvalue weighted by Gasteiger charge is 2.35. The van der Waals surface area contributed by atoms with Gasteiger partial charge < -0.3 is 9.30 Å². The van der Waals surface area contributed by atoms with Crippen molar-refractivity contribution in [2.75, 3.05) is 4.90 Å². The lowest BCUT2D eigenvalue weighted by molar-refractivity contribution is -0.122. The summed E-state index contributed by atoms with van der Waals surface area (Å²) in [5.74, 6) is -1.63. The third-order valence-electron chi connectivity index (χ3n) is 6.38. The van der Waals surface area contributed by atoms with Crippen LogP contribution in [0.15, 0.2) is 84.4 Å². The van der Waals surface area contributed by atoms with Gasteiger partial charge in [0.2, 0.25) is 0 Å². The second-order valence-electron chi connectivity index (χ2n) is 8.98. The third-order valence-corrected chi connectivity index (χ3v) is 6.66. The number of benzene rings is 3. The fraction of sp³-hybridized carbons (Fsp3) is 0.100. The normalized spacial score (nSPS) is 14.6. The molecule has 39 heavy (non-hydrogen) atoms. The van der Waals surface area contributed by atoms with E-state index in [0.717, 1.165) is 27.5 Å². The second-order valence-corrected chi connectivity index (χ2v) is 9.37. The van der Waals surface area contributed by atoms with Crippen molar-refractivity contribution in [2.45, 2.75) is 20.5 Å². The first kappa shape index (κ1) is 26.0. The zero-order chi connectivity index (χ0) is 27.7. The quantitative estimate of drug-likeness (QED) is 0.190. The van der Waals surface area contributed by atoms with Gasteiger partial charge in [0, 0.05) is 17.1 Å². The number of ether oxygens (including phenoxy) is 1. The number of hydrogen-bond acceptors (Lipinski definition) is 4. The summed E-state index contributed by atoms with van der Waals surface area (Å²) in [5, 5.41) is 2.30.